The molecule has 37 heavy (non-hydrogen) atoms. The molecule has 3 aromatic rings. The summed E-state index contributed by atoms with van der Waals surface area (Å²) in [4.78, 5) is 26.7. The largest absolute Gasteiger partial charge is 0.342 e. The van der Waals surface area contributed by atoms with E-state index in [2.05, 4.69) is 47.1 Å². The molecule has 0 unspecified atom stereocenters. The van der Waals surface area contributed by atoms with Gasteiger partial charge in [0.2, 0.25) is 0 Å². The summed E-state index contributed by atoms with van der Waals surface area (Å²) < 4.78 is 0. The number of nitrogens with one attached hydrogen (secondary N) is 1. The van der Waals surface area contributed by atoms with Crippen LogP contribution in [0.15, 0.2) is 42.5 Å². The Morgan fingerprint density at radius 2 is 1.73 bits per heavy atom. The smallest absolute Gasteiger partial charge is 0.253 e. The van der Waals surface area contributed by atoms with Crippen LogP contribution in [0.1, 0.15) is 82.4 Å². The number of imidazole rings is 1. The van der Waals surface area contributed by atoms with Crippen molar-refractivity contribution in [2.45, 2.75) is 56.8 Å². The van der Waals surface area contributed by atoms with Crippen molar-refractivity contribution in [3.05, 3.63) is 76.1 Å². The fourth-order valence-electron chi connectivity index (χ4n) is 6.12. The molecule has 5 heteroatoms. The number of fused-ring (bicyclic) bond motifs is 1. The van der Waals surface area contributed by atoms with Crippen LogP contribution in [0.3, 0.4) is 0 Å². The van der Waals surface area contributed by atoms with E-state index in [0.29, 0.717) is 11.8 Å². The lowest BCUT2D eigenvalue weighted by molar-refractivity contribution is 0.0713. The van der Waals surface area contributed by atoms with E-state index in [0.717, 1.165) is 74.4 Å². The molecule has 1 saturated carbocycles. The van der Waals surface area contributed by atoms with Crippen molar-refractivity contribution in [2.24, 2.45) is 0 Å². The monoisotopic (exact) mass is 492 g/mol. The van der Waals surface area contributed by atoms with E-state index in [9.17, 15) is 4.79 Å². The van der Waals surface area contributed by atoms with E-state index in [-0.39, 0.29) is 5.91 Å². The van der Waals surface area contributed by atoms with Crippen molar-refractivity contribution < 1.29 is 4.79 Å². The zero-order chi connectivity index (χ0) is 25.4. The second-order valence-electron chi connectivity index (χ2n) is 11.1. The summed E-state index contributed by atoms with van der Waals surface area (Å²) in [6, 6.07) is 14.7. The molecule has 1 saturated heterocycles. The summed E-state index contributed by atoms with van der Waals surface area (Å²) in [5.74, 6) is 4.82. The number of terminal acetylenes is 1. The molecule has 2 aromatic carbocycles. The highest BCUT2D eigenvalue weighted by atomic mass is 16.2. The van der Waals surface area contributed by atoms with Gasteiger partial charge < -0.3 is 14.8 Å². The maximum atomic E-state index is 13.6. The van der Waals surface area contributed by atoms with Gasteiger partial charge in [-0.25, -0.2) is 4.98 Å². The summed E-state index contributed by atoms with van der Waals surface area (Å²) in [6.45, 7) is 3.65. The number of carbonyl (C=O) groups is 1. The Bertz CT molecular complexity index is 1290. The number of rotatable bonds is 4. The molecule has 6 rings (SSSR count). The maximum Gasteiger partial charge on any atom is 0.253 e. The van der Waals surface area contributed by atoms with Gasteiger partial charge >= 0.3 is 0 Å². The van der Waals surface area contributed by atoms with Gasteiger partial charge in [0.05, 0.1) is 5.69 Å². The van der Waals surface area contributed by atoms with Gasteiger partial charge in [-0.3, -0.25) is 4.79 Å². The molecule has 1 aliphatic carbocycles. The molecule has 1 aromatic heterocycles. The predicted molar refractivity (Wildman–Crippen MR) is 148 cm³/mol. The summed E-state index contributed by atoms with van der Waals surface area (Å²) in [7, 11) is 2.17. The van der Waals surface area contributed by atoms with E-state index in [1.807, 2.05) is 23.1 Å². The Hall–Kier alpha value is -3.36. The number of aromatic amines is 1. The van der Waals surface area contributed by atoms with Gasteiger partial charge in [0.15, 0.2) is 0 Å². The van der Waals surface area contributed by atoms with Crippen LogP contribution in [-0.4, -0.2) is 58.9 Å². The molecule has 2 aliphatic heterocycles. The summed E-state index contributed by atoms with van der Waals surface area (Å²) >= 11 is 0. The summed E-state index contributed by atoms with van der Waals surface area (Å²) in [6.07, 6.45) is 13.2. The second-order valence-corrected chi connectivity index (χ2v) is 11.1. The lowest BCUT2D eigenvalue weighted by atomic mass is 9.77. The van der Waals surface area contributed by atoms with Crippen LogP contribution in [-0.2, 0) is 12.8 Å². The van der Waals surface area contributed by atoms with Gasteiger partial charge in [-0.1, -0.05) is 30.5 Å². The molecule has 3 aliphatic rings. The SMILES string of the molecule is C#Cc1ccc(C2CCN(C(=O)c3ccc(C4CCC4)c(-c4nc5c([nH]4)CCN(C)CC5)c3)CC2)cc1. The molecular formula is C32H36N4O. The van der Waals surface area contributed by atoms with Crippen molar-refractivity contribution in [2.75, 3.05) is 33.2 Å². The van der Waals surface area contributed by atoms with Gasteiger partial charge in [-0.2, -0.15) is 0 Å². The molecule has 0 spiro atoms. The third kappa shape index (κ3) is 4.83. The number of aromatic nitrogens is 2. The molecule has 1 N–H and O–H groups in total. The zero-order valence-electron chi connectivity index (χ0n) is 21.8. The fourth-order valence-corrected chi connectivity index (χ4v) is 6.12. The predicted octanol–water partition coefficient (Wildman–Crippen LogP) is 5.38. The minimum absolute atomic E-state index is 0.136. The standard InChI is InChI=1S/C32H36N4O/c1-3-22-7-9-23(10-8-22)24-13-19-36(20-14-24)32(37)26-11-12-27(25-5-4-6-25)28(21-26)31-33-29-15-17-35(2)18-16-30(29)34-31/h1,7-12,21,24-25H,4-6,13-20H2,2H3,(H,33,34). The van der Waals surface area contributed by atoms with Crippen LogP contribution < -0.4 is 0 Å². The number of benzene rings is 2. The lowest BCUT2D eigenvalue weighted by Crippen LogP contribution is -2.38. The minimum atomic E-state index is 0.136. The van der Waals surface area contributed by atoms with Crippen molar-refractivity contribution in [3.8, 4) is 23.7 Å². The highest BCUT2D eigenvalue weighted by Crippen LogP contribution is 2.41. The van der Waals surface area contributed by atoms with Crippen molar-refractivity contribution in [3.63, 3.8) is 0 Å². The topological polar surface area (TPSA) is 52.2 Å². The van der Waals surface area contributed by atoms with Gasteiger partial charge in [0, 0.05) is 61.4 Å². The normalized spacial score (nSPS) is 19.1. The first kappa shape index (κ1) is 24.0. The molecule has 0 bridgehead atoms. The average Bonchev–Trinajstić information content (AvgIpc) is 3.24. The molecule has 190 valence electrons. The van der Waals surface area contributed by atoms with Crippen molar-refractivity contribution in [1.29, 1.82) is 0 Å². The highest BCUT2D eigenvalue weighted by molar-refractivity contribution is 5.95. The summed E-state index contributed by atoms with van der Waals surface area (Å²) in [5.41, 5.74) is 7.93. The van der Waals surface area contributed by atoms with Crippen LogP contribution in [0.2, 0.25) is 0 Å². The molecule has 5 nitrogen and oxygen atoms in total. The van der Waals surface area contributed by atoms with Gasteiger partial charge in [-0.15, -0.1) is 6.42 Å². The summed E-state index contributed by atoms with van der Waals surface area (Å²) in [5, 5.41) is 0. The second kappa shape index (κ2) is 10.2. The van der Waals surface area contributed by atoms with E-state index >= 15 is 0 Å². The van der Waals surface area contributed by atoms with E-state index in [4.69, 9.17) is 11.4 Å². The number of hydrogen-bond acceptors (Lipinski definition) is 3. The number of carbonyl (C=O) groups excluding carboxylic acids is 1. The number of hydrogen-bond donors (Lipinski definition) is 1. The number of likely N-dealkylation sites (tertiary alicyclic amines) is 1. The molecule has 0 atom stereocenters. The van der Waals surface area contributed by atoms with Crippen LogP contribution >= 0.6 is 0 Å². The van der Waals surface area contributed by atoms with Crippen LogP contribution in [0.5, 0.6) is 0 Å². The first-order chi connectivity index (χ1) is 18.1. The van der Waals surface area contributed by atoms with Gasteiger partial charge in [-0.05, 0) is 80.0 Å². The quantitative estimate of drug-likeness (QED) is 0.498. The van der Waals surface area contributed by atoms with Crippen molar-refractivity contribution >= 4 is 5.91 Å². The Labute approximate surface area is 220 Å². The average molecular weight is 493 g/mol. The van der Waals surface area contributed by atoms with Gasteiger partial charge in [0.25, 0.3) is 5.91 Å². The molecule has 2 fully saturated rings. The van der Waals surface area contributed by atoms with Crippen LogP contribution in [0.4, 0.5) is 0 Å². The Balaban J connectivity index is 1.22. The van der Waals surface area contributed by atoms with Crippen LogP contribution in [0.25, 0.3) is 11.4 Å². The zero-order valence-corrected chi connectivity index (χ0v) is 21.8. The van der Waals surface area contributed by atoms with E-state index in [1.165, 1.54) is 41.8 Å². The lowest BCUT2D eigenvalue weighted by Gasteiger charge is -2.33. The number of nitrogens with zero attached hydrogens (tertiary/aromatic N) is 3. The Kier molecular flexibility index (Phi) is 6.61. The number of H-pyrrole nitrogens is 1. The van der Waals surface area contributed by atoms with Gasteiger partial charge in [0.1, 0.15) is 5.82 Å². The third-order valence-corrected chi connectivity index (χ3v) is 8.77. The van der Waals surface area contributed by atoms with Crippen LogP contribution in [0, 0.1) is 12.3 Å². The first-order valence-corrected chi connectivity index (χ1v) is 13.9. The fraction of sp³-hybridized carbons (Fsp3) is 0.438. The number of likely N-dealkylation sites (N-methyl/N-ethyl adjacent to an activating group) is 1. The molecule has 0 radical (unpaired) electrons. The minimum Gasteiger partial charge on any atom is -0.342 e. The van der Waals surface area contributed by atoms with E-state index < -0.39 is 0 Å². The molecule has 1 amide bonds. The molecule has 3 heterocycles. The highest BCUT2D eigenvalue weighted by Gasteiger charge is 2.28. The molecular weight excluding hydrogens is 456 g/mol. The first-order valence-electron chi connectivity index (χ1n) is 13.9. The third-order valence-electron chi connectivity index (χ3n) is 8.77. The maximum absolute atomic E-state index is 13.6. The number of piperidine rings is 1. The Morgan fingerprint density at radius 1 is 0.973 bits per heavy atom. The number of amides is 1. The van der Waals surface area contributed by atoms with E-state index in [1.54, 1.807) is 0 Å². The van der Waals surface area contributed by atoms with Crippen molar-refractivity contribution in [1.82, 2.24) is 19.8 Å². The Morgan fingerprint density at radius 3 is 2.43 bits per heavy atom.